The lowest BCUT2D eigenvalue weighted by Gasteiger charge is -2.09. The van der Waals surface area contributed by atoms with E-state index >= 15 is 0 Å². The molecule has 0 unspecified atom stereocenters. The van der Waals surface area contributed by atoms with Crippen molar-refractivity contribution < 1.29 is 26.7 Å². The quantitative estimate of drug-likeness (QED) is 0.691. The van der Waals surface area contributed by atoms with E-state index < -0.39 is 31.8 Å². The zero-order valence-electron chi connectivity index (χ0n) is 15.3. The Labute approximate surface area is 163 Å². The lowest BCUT2D eigenvalue weighted by atomic mass is 10.1. The van der Waals surface area contributed by atoms with Crippen LogP contribution in [-0.2, 0) is 16.4 Å². The molecule has 0 amide bonds. The standard InChI is InChI=1S/C18H16F3N3O4S/c1-11-9-22-8-7-13(11)10-23-12(2)16(25)24(17(23)26)14-3-5-15(6-4-14)29(27,28)18(19,20)21/h3-9,25H,10H2,1-2H3. The molecule has 1 N–H and O–H groups in total. The molecular weight excluding hydrogens is 411 g/mol. The van der Waals surface area contributed by atoms with E-state index in [0.29, 0.717) is 0 Å². The smallest absolute Gasteiger partial charge is 0.493 e. The Morgan fingerprint density at radius 2 is 1.72 bits per heavy atom. The highest BCUT2D eigenvalue weighted by Crippen LogP contribution is 2.31. The van der Waals surface area contributed by atoms with Gasteiger partial charge in [0.05, 0.1) is 22.8 Å². The number of aromatic hydroxyl groups is 1. The fourth-order valence-corrected chi connectivity index (χ4v) is 3.58. The molecule has 0 spiro atoms. The van der Waals surface area contributed by atoms with E-state index in [9.17, 15) is 31.5 Å². The number of sulfone groups is 1. The van der Waals surface area contributed by atoms with E-state index in [4.69, 9.17) is 0 Å². The minimum absolute atomic E-state index is 0.0296. The molecule has 0 atom stereocenters. The van der Waals surface area contributed by atoms with E-state index in [1.54, 1.807) is 18.5 Å². The van der Waals surface area contributed by atoms with Crippen LogP contribution in [0.5, 0.6) is 5.88 Å². The number of aromatic nitrogens is 3. The van der Waals surface area contributed by atoms with Gasteiger partial charge in [-0.3, -0.25) is 9.55 Å². The summed E-state index contributed by atoms with van der Waals surface area (Å²) < 4.78 is 63.2. The molecule has 0 aliphatic heterocycles. The van der Waals surface area contributed by atoms with Crippen LogP contribution in [-0.4, -0.2) is 33.2 Å². The number of aryl methyl sites for hydroxylation is 1. The van der Waals surface area contributed by atoms with Gasteiger partial charge in [-0.05, 0) is 55.3 Å². The van der Waals surface area contributed by atoms with Crippen molar-refractivity contribution in [2.75, 3.05) is 0 Å². The van der Waals surface area contributed by atoms with Crippen molar-refractivity contribution in [1.29, 1.82) is 0 Å². The maximum Gasteiger partial charge on any atom is 0.501 e. The number of halogens is 3. The molecule has 0 aliphatic rings. The highest BCUT2D eigenvalue weighted by Gasteiger charge is 2.46. The van der Waals surface area contributed by atoms with E-state index in [1.807, 2.05) is 6.92 Å². The second-order valence-electron chi connectivity index (χ2n) is 6.36. The predicted molar refractivity (Wildman–Crippen MR) is 97.7 cm³/mol. The van der Waals surface area contributed by atoms with Crippen LogP contribution in [0.25, 0.3) is 5.69 Å². The molecule has 154 valence electrons. The maximum absolute atomic E-state index is 12.8. The zero-order chi connectivity index (χ0) is 21.6. The average molecular weight is 427 g/mol. The Balaban J connectivity index is 2.05. The third kappa shape index (κ3) is 3.53. The van der Waals surface area contributed by atoms with Gasteiger partial charge in [0.1, 0.15) is 0 Å². The summed E-state index contributed by atoms with van der Waals surface area (Å²) in [5.41, 5.74) is -4.14. The number of alkyl halides is 3. The molecule has 29 heavy (non-hydrogen) atoms. The number of hydrogen-bond acceptors (Lipinski definition) is 5. The van der Waals surface area contributed by atoms with Crippen LogP contribution in [0, 0.1) is 13.8 Å². The molecule has 0 fully saturated rings. The number of nitrogens with zero attached hydrogens (tertiary/aromatic N) is 3. The van der Waals surface area contributed by atoms with Gasteiger partial charge in [-0.25, -0.2) is 17.8 Å². The van der Waals surface area contributed by atoms with Crippen LogP contribution in [0.15, 0.2) is 52.4 Å². The lowest BCUT2D eigenvalue weighted by Crippen LogP contribution is -2.25. The van der Waals surface area contributed by atoms with Crippen molar-refractivity contribution in [2.45, 2.75) is 30.8 Å². The molecule has 3 aromatic rings. The summed E-state index contributed by atoms with van der Waals surface area (Å²) in [5, 5.41) is 10.4. The molecule has 2 heterocycles. The van der Waals surface area contributed by atoms with Crippen molar-refractivity contribution in [3.8, 4) is 11.6 Å². The van der Waals surface area contributed by atoms with Gasteiger partial charge in [0.15, 0.2) is 0 Å². The molecular formula is C18H16F3N3O4S. The molecule has 0 saturated heterocycles. The van der Waals surface area contributed by atoms with Crippen LogP contribution in [0.3, 0.4) is 0 Å². The summed E-state index contributed by atoms with van der Waals surface area (Å²) in [4.78, 5) is 15.8. The molecule has 0 radical (unpaired) electrons. The van der Waals surface area contributed by atoms with E-state index in [0.717, 1.165) is 40.0 Å². The number of imidazole rings is 1. The van der Waals surface area contributed by atoms with Crippen molar-refractivity contribution in [2.24, 2.45) is 0 Å². The van der Waals surface area contributed by atoms with Crippen LogP contribution in [0.4, 0.5) is 13.2 Å². The lowest BCUT2D eigenvalue weighted by molar-refractivity contribution is -0.0436. The molecule has 2 aromatic heterocycles. The van der Waals surface area contributed by atoms with E-state index in [-0.39, 0.29) is 17.9 Å². The van der Waals surface area contributed by atoms with Gasteiger partial charge in [-0.1, -0.05) is 0 Å². The summed E-state index contributed by atoms with van der Waals surface area (Å²) >= 11 is 0. The van der Waals surface area contributed by atoms with Crippen molar-refractivity contribution in [3.63, 3.8) is 0 Å². The summed E-state index contributed by atoms with van der Waals surface area (Å²) in [5.74, 6) is -0.395. The van der Waals surface area contributed by atoms with Crippen molar-refractivity contribution in [3.05, 3.63) is 70.0 Å². The van der Waals surface area contributed by atoms with Gasteiger partial charge in [0.2, 0.25) is 5.88 Å². The molecule has 11 heteroatoms. The first kappa shape index (κ1) is 20.6. The second kappa shape index (κ2) is 7.07. The van der Waals surface area contributed by atoms with E-state index in [1.165, 1.54) is 11.5 Å². The SMILES string of the molecule is Cc1cnccc1Cn1c(C)c(O)n(-c2ccc(S(=O)(=O)C(F)(F)F)cc2)c1=O. The summed E-state index contributed by atoms with van der Waals surface area (Å²) in [6.45, 7) is 3.49. The monoisotopic (exact) mass is 427 g/mol. The Kier molecular flexibility index (Phi) is 5.03. The highest BCUT2D eigenvalue weighted by molar-refractivity contribution is 7.92. The topological polar surface area (TPSA) is 94.2 Å². The Hall–Kier alpha value is -3.08. The molecule has 0 aliphatic carbocycles. The fourth-order valence-electron chi connectivity index (χ4n) is 2.81. The van der Waals surface area contributed by atoms with Crippen LogP contribution >= 0.6 is 0 Å². The van der Waals surface area contributed by atoms with Crippen LogP contribution in [0.2, 0.25) is 0 Å². The third-order valence-corrected chi connectivity index (χ3v) is 6.04. The Morgan fingerprint density at radius 1 is 1.10 bits per heavy atom. The van der Waals surface area contributed by atoms with Gasteiger partial charge < -0.3 is 5.11 Å². The predicted octanol–water partition coefficient (Wildman–Crippen LogP) is 2.70. The molecule has 0 saturated carbocycles. The van der Waals surface area contributed by atoms with Crippen molar-refractivity contribution >= 4 is 9.84 Å². The number of benzene rings is 1. The average Bonchev–Trinajstić information content (AvgIpc) is 2.86. The maximum atomic E-state index is 12.8. The summed E-state index contributed by atoms with van der Waals surface area (Å²) in [7, 11) is -5.51. The molecule has 3 rings (SSSR count). The largest absolute Gasteiger partial charge is 0.501 e. The Bertz CT molecular complexity index is 1230. The van der Waals surface area contributed by atoms with Gasteiger partial charge in [0, 0.05) is 12.4 Å². The van der Waals surface area contributed by atoms with Crippen molar-refractivity contribution in [1.82, 2.24) is 14.1 Å². The first-order valence-electron chi connectivity index (χ1n) is 8.27. The Morgan fingerprint density at radius 3 is 2.28 bits per heavy atom. The molecule has 1 aromatic carbocycles. The van der Waals surface area contributed by atoms with Crippen LogP contribution < -0.4 is 5.69 Å². The summed E-state index contributed by atoms with van der Waals surface area (Å²) in [6, 6.07) is 5.27. The van der Waals surface area contributed by atoms with E-state index in [2.05, 4.69) is 4.98 Å². The summed E-state index contributed by atoms with van der Waals surface area (Å²) in [6.07, 6.45) is 3.20. The zero-order valence-corrected chi connectivity index (χ0v) is 16.1. The normalized spacial score (nSPS) is 12.3. The van der Waals surface area contributed by atoms with Crippen LogP contribution in [0.1, 0.15) is 16.8 Å². The first-order valence-corrected chi connectivity index (χ1v) is 9.76. The van der Waals surface area contributed by atoms with Gasteiger partial charge in [-0.2, -0.15) is 13.2 Å². The number of pyridine rings is 1. The molecule has 0 bridgehead atoms. The van der Waals surface area contributed by atoms with Gasteiger partial charge in [0.25, 0.3) is 9.84 Å². The minimum atomic E-state index is -5.51. The third-order valence-electron chi connectivity index (χ3n) is 4.54. The number of hydrogen-bond donors (Lipinski definition) is 1. The number of rotatable bonds is 4. The first-order chi connectivity index (χ1) is 13.4. The minimum Gasteiger partial charge on any atom is -0.493 e. The van der Waals surface area contributed by atoms with Gasteiger partial charge >= 0.3 is 11.2 Å². The second-order valence-corrected chi connectivity index (χ2v) is 8.30. The fraction of sp³-hybridized carbons (Fsp3) is 0.222. The molecule has 7 nitrogen and oxygen atoms in total. The highest BCUT2D eigenvalue weighted by atomic mass is 32.2. The van der Waals surface area contributed by atoms with Gasteiger partial charge in [-0.15, -0.1) is 0 Å².